The molecule has 1 N–H and O–H groups in total. The Morgan fingerprint density at radius 2 is 2.19 bits per heavy atom. The van der Waals surface area contributed by atoms with E-state index in [-0.39, 0.29) is 0 Å². The summed E-state index contributed by atoms with van der Waals surface area (Å²) in [4.78, 5) is 0. The van der Waals surface area contributed by atoms with Gasteiger partial charge in [0, 0.05) is 30.4 Å². The zero-order valence-electron chi connectivity index (χ0n) is 10.4. The third kappa shape index (κ3) is 2.64. The molecule has 0 amide bonds. The molecule has 0 saturated heterocycles. The Bertz CT molecular complexity index is 313. The summed E-state index contributed by atoms with van der Waals surface area (Å²) in [7, 11) is 0. The van der Waals surface area contributed by atoms with E-state index in [4.69, 9.17) is 0 Å². The van der Waals surface area contributed by atoms with Gasteiger partial charge < -0.3 is 5.32 Å². The predicted molar refractivity (Wildman–Crippen MR) is 66.3 cm³/mol. The molecule has 1 fully saturated rings. The van der Waals surface area contributed by atoms with Crippen molar-refractivity contribution in [2.75, 3.05) is 0 Å². The summed E-state index contributed by atoms with van der Waals surface area (Å²) in [6.45, 7) is 5.33. The van der Waals surface area contributed by atoms with E-state index < -0.39 is 0 Å². The monoisotopic (exact) mass is 221 g/mol. The maximum absolute atomic E-state index is 4.35. The Labute approximate surface area is 98.2 Å². The molecule has 3 nitrogen and oxygen atoms in total. The van der Waals surface area contributed by atoms with Crippen LogP contribution >= 0.6 is 0 Å². The molecule has 1 aliphatic carbocycles. The molecular weight excluding hydrogens is 198 g/mol. The summed E-state index contributed by atoms with van der Waals surface area (Å²) in [6.07, 6.45) is 10.8. The first-order valence-corrected chi connectivity index (χ1v) is 6.61. The Morgan fingerprint density at radius 3 is 2.75 bits per heavy atom. The highest BCUT2D eigenvalue weighted by molar-refractivity contribution is 5.10. The summed E-state index contributed by atoms with van der Waals surface area (Å²) in [5.74, 6) is 0. The summed E-state index contributed by atoms with van der Waals surface area (Å²) in [6, 6.07) is 1.22. The van der Waals surface area contributed by atoms with Gasteiger partial charge in [-0.2, -0.15) is 5.10 Å². The molecule has 1 aromatic heterocycles. The maximum Gasteiger partial charge on any atom is 0.0537 e. The molecule has 3 heteroatoms. The average Bonchev–Trinajstić information content (AvgIpc) is 2.96. The van der Waals surface area contributed by atoms with Crippen molar-refractivity contribution < 1.29 is 0 Å². The number of rotatable bonds is 5. The van der Waals surface area contributed by atoms with E-state index in [1.165, 1.54) is 31.2 Å². The lowest BCUT2D eigenvalue weighted by atomic mass is 10.1. The van der Waals surface area contributed by atoms with Crippen molar-refractivity contribution in [2.45, 2.75) is 64.6 Å². The topological polar surface area (TPSA) is 29.9 Å². The van der Waals surface area contributed by atoms with Crippen molar-refractivity contribution >= 4 is 0 Å². The second kappa shape index (κ2) is 5.48. The Morgan fingerprint density at radius 1 is 1.44 bits per heavy atom. The molecule has 0 bridgehead atoms. The van der Waals surface area contributed by atoms with Gasteiger partial charge in [0.15, 0.2) is 0 Å². The van der Waals surface area contributed by atoms with Crippen molar-refractivity contribution in [3.05, 3.63) is 18.0 Å². The first-order valence-electron chi connectivity index (χ1n) is 6.61. The van der Waals surface area contributed by atoms with E-state index in [2.05, 4.69) is 30.5 Å². The van der Waals surface area contributed by atoms with Crippen LogP contribution in [-0.2, 0) is 6.54 Å². The van der Waals surface area contributed by atoms with Crippen LogP contribution in [0.3, 0.4) is 0 Å². The highest BCUT2D eigenvalue weighted by Gasteiger charge is 2.19. The van der Waals surface area contributed by atoms with Crippen LogP contribution in [0, 0.1) is 0 Å². The van der Waals surface area contributed by atoms with Gasteiger partial charge in [-0.3, -0.25) is 4.68 Å². The van der Waals surface area contributed by atoms with Gasteiger partial charge in [0.05, 0.1) is 6.20 Å². The largest absolute Gasteiger partial charge is 0.307 e. The second-order valence-corrected chi connectivity index (χ2v) is 4.74. The van der Waals surface area contributed by atoms with Crippen LogP contribution < -0.4 is 5.32 Å². The maximum atomic E-state index is 4.35. The third-order valence-electron chi connectivity index (χ3n) is 3.58. The van der Waals surface area contributed by atoms with Crippen molar-refractivity contribution in [3.8, 4) is 0 Å². The van der Waals surface area contributed by atoms with Gasteiger partial charge in [0.25, 0.3) is 0 Å². The molecule has 1 aliphatic rings. The molecule has 16 heavy (non-hydrogen) atoms. The molecule has 90 valence electrons. The quantitative estimate of drug-likeness (QED) is 0.828. The molecule has 1 saturated carbocycles. The van der Waals surface area contributed by atoms with Crippen LogP contribution in [0.1, 0.15) is 57.6 Å². The molecule has 1 aromatic rings. The lowest BCUT2D eigenvalue weighted by molar-refractivity contribution is 0.430. The molecular formula is C13H23N3. The Balaban J connectivity index is 1.97. The van der Waals surface area contributed by atoms with E-state index in [1.807, 2.05) is 10.9 Å². The van der Waals surface area contributed by atoms with Crippen molar-refractivity contribution in [1.29, 1.82) is 0 Å². The number of aryl methyl sites for hydroxylation is 1. The lowest BCUT2D eigenvalue weighted by Crippen LogP contribution is -2.30. The molecule has 1 unspecified atom stereocenters. The molecule has 0 radical (unpaired) electrons. The number of nitrogens with one attached hydrogen (secondary N) is 1. The normalized spacial score (nSPS) is 19.1. The van der Waals surface area contributed by atoms with Gasteiger partial charge in [-0.05, 0) is 26.2 Å². The minimum atomic E-state index is 0.489. The van der Waals surface area contributed by atoms with E-state index in [0.29, 0.717) is 6.04 Å². The SMILES string of the molecule is CCC(NC1CCCC1)c1cnn(CC)c1. The molecule has 0 aliphatic heterocycles. The Hall–Kier alpha value is -0.830. The van der Waals surface area contributed by atoms with Crippen LogP contribution in [0.5, 0.6) is 0 Å². The fraction of sp³-hybridized carbons (Fsp3) is 0.769. The zero-order valence-corrected chi connectivity index (χ0v) is 10.4. The van der Waals surface area contributed by atoms with Crippen molar-refractivity contribution in [2.24, 2.45) is 0 Å². The van der Waals surface area contributed by atoms with Gasteiger partial charge in [-0.15, -0.1) is 0 Å². The summed E-state index contributed by atoms with van der Waals surface area (Å²) < 4.78 is 2.01. The van der Waals surface area contributed by atoms with Crippen LogP contribution in [0.25, 0.3) is 0 Å². The summed E-state index contributed by atoms with van der Waals surface area (Å²) in [5, 5.41) is 8.12. The molecule has 0 aromatic carbocycles. The van der Waals surface area contributed by atoms with Gasteiger partial charge in [-0.1, -0.05) is 19.8 Å². The lowest BCUT2D eigenvalue weighted by Gasteiger charge is -2.20. The van der Waals surface area contributed by atoms with Crippen molar-refractivity contribution in [3.63, 3.8) is 0 Å². The van der Waals surface area contributed by atoms with Gasteiger partial charge in [0.1, 0.15) is 0 Å². The van der Waals surface area contributed by atoms with E-state index in [9.17, 15) is 0 Å². The van der Waals surface area contributed by atoms with Gasteiger partial charge in [-0.25, -0.2) is 0 Å². The molecule has 0 spiro atoms. The van der Waals surface area contributed by atoms with Crippen LogP contribution in [0.4, 0.5) is 0 Å². The second-order valence-electron chi connectivity index (χ2n) is 4.74. The fourth-order valence-electron chi connectivity index (χ4n) is 2.56. The first-order chi connectivity index (χ1) is 7.83. The average molecular weight is 221 g/mol. The van der Waals surface area contributed by atoms with Gasteiger partial charge in [0.2, 0.25) is 0 Å². The van der Waals surface area contributed by atoms with E-state index in [1.54, 1.807) is 0 Å². The molecule has 1 heterocycles. The summed E-state index contributed by atoms with van der Waals surface area (Å²) >= 11 is 0. The predicted octanol–water partition coefficient (Wildman–Crippen LogP) is 2.89. The number of hydrogen-bond donors (Lipinski definition) is 1. The van der Waals surface area contributed by atoms with E-state index in [0.717, 1.165) is 19.0 Å². The molecule has 2 rings (SSSR count). The highest BCUT2D eigenvalue weighted by atomic mass is 15.3. The minimum absolute atomic E-state index is 0.489. The van der Waals surface area contributed by atoms with Crippen molar-refractivity contribution in [1.82, 2.24) is 15.1 Å². The fourth-order valence-corrected chi connectivity index (χ4v) is 2.56. The van der Waals surface area contributed by atoms with E-state index >= 15 is 0 Å². The summed E-state index contributed by atoms with van der Waals surface area (Å²) in [5.41, 5.74) is 1.34. The minimum Gasteiger partial charge on any atom is -0.307 e. The number of aromatic nitrogens is 2. The van der Waals surface area contributed by atoms with Crippen LogP contribution in [0.15, 0.2) is 12.4 Å². The smallest absolute Gasteiger partial charge is 0.0537 e. The number of hydrogen-bond acceptors (Lipinski definition) is 2. The number of nitrogens with zero attached hydrogens (tertiary/aromatic N) is 2. The van der Waals surface area contributed by atoms with Gasteiger partial charge >= 0.3 is 0 Å². The molecule has 1 atom stereocenters. The Kier molecular flexibility index (Phi) is 3.99. The first kappa shape index (κ1) is 11.6. The third-order valence-corrected chi connectivity index (χ3v) is 3.58. The standard InChI is InChI=1S/C13H23N3/c1-3-13(15-12-7-5-6-8-12)11-9-14-16(4-2)10-11/h9-10,12-13,15H,3-8H2,1-2H3. The van der Waals surface area contributed by atoms with Crippen LogP contribution in [-0.4, -0.2) is 15.8 Å². The highest BCUT2D eigenvalue weighted by Crippen LogP contribution is 2.23. The van der Waals surface area contributed by atoms with Crippen LogP contribution in [0.2, 0.25) is 0 Å². The zero-order chi connectivity index (χ0) is 11.4.